The Hall–Kier alpha value is -3.81. The molecule has 0 atom stereocenters. The van der Waals surface area contributed by atoms with Crippen molar-refractivity contribution in [2.75, 3.05) is 7.11 Å². The van der Waals surface area contributed by atoms with Gasteiger partial charge in [-0.15, -0.1) is 11.3 Å². The van der Waals surface area contributed by atoms with Gasteiger partial charge in [-0.2, -0.15) is 5.01 Å². The van der Waals surface area contributed by atoms with Gasteiger partial charge in [-0.3, -0.25) is 25.1 Å². The third-order valence-electron chi connectivity index (χ3n) is 4.38. The van der Waals surface area contributed by atoms with Crippen LogP contribution >= 0.6 is 35.3 Å². The highest BCUT2D eigenvalue weighted by Gasteiger charge is 2.34. The lowest BCUT2D eigenvalue weighted by molar-refractivity contribution is -0.385. The number of carbonyl (C=O) groups excluding carboxylic acids is 2. The molecule has 4 rings (SSSR count). The molecule has 0 aliphatic carbocycles. The summed E-state index contributed by atoms with van der Waals surface area (Å²) in [7, 11) is 1.45. The first kappa shape index (κ1) is 23.4. The van der Waals surface area contributed by atoms with Gasteiger partial charge >= 0.3 is 0 Å². The van der Waals surface area contributed by atoms with Crippen LogP contribution in [0.2, 0.25) is 0 Å². The van der Waals surface area contributed by atoms with E-state index < -0.39 is 16.7 Å². The number of nitrogens with zero attached hydrogens (tertiary/aromatic N) is 3. The maximum atomic E-state index is 12.8. The first-order valence-electron chi connectivity index (χ1n) is 9.44. The Morgan fingerprint density at radius 2 is 2.09 bits per heavy atom. The number of ether oxygens (including phenoxy) is 2. The topological polar surface area (TPSA) is 124 Å². The minimum Gasteiger partial charge on any atom is -0.493 e. The molecule has 1 fully saturated rings. The van der Waals surface area contributed by atoms with Crippen molar-refractivity contribution in [3.05, 3.63) is 79.5 Å². The Balaban J connectivity index is 1.50. The lowest BCUT2D eigenvalue weighted by atomic mass is 10.2. The maximum absolute atomic E-state index is 12.8. The molecule has 172 valence electrons. The van der Waals surface area contributed by atoms with E-state index in [9.17, 15) is 19.7 Å². The minimum atomic E-state index is -0.553. The zero-order valence-corrected chi connectivity index (χ0v) is 19.7. The minimum absolute atomic E-state index is 0.152. The van der Waals surface area contributed by atoms with Crippen LogP contribution in [0.25, 0.3) is 6.08 Å². The third-order valence-corrected chi connectivity index (χ3v) is 6.55. The number of thioether (sulfide) groups is 1. The van der Waals surface area contributed by atoms with Crippen LogP contribution < -0.4 is 14.9 Å². The van der Waals surface area contributed by atoms with Crippen molar-refractivity contribution >= 4 is 63.2 Å². The second-order valence-electron chi connectivity index (χ2n) is 6.56. The van der Waals surface area contributed by atoms with E-state index in [1.807, 2.05) is 0 Å². The molecule has 0 spiro atoms. The number of thiophene rings is 1. The van der Waals surface area contributed by atoms with Gasteiger partial charge in [0.05, 0.1) is 21.8 Å². The van der Waals surface area contributed by atoms with Crippen LogP contribution in [-0.2, 0) is 4.79 Å². The Labute approximate surface area is 206 Å². The van der Waals surface area contributed by atoms with Gasteiger partial charge in [0.25, 0.3) is 17.5 Å². The summed E-state index contributed by atoms with van der Waals surface area (Å²) in [5.41, 5.74) is 3.00. The summed E-state index contributed by atoms with van der Waals surface area (Å²) in [6.45, 7) is 0. The van der Waals surface area contributed by atoms with E-state index in [-0.39, 0.29) is 15.9 Å². The van der Waals surface area contributed by atoms with Gasteiger partial charge < -0.3 is 9.47 Å². The Bertz CT molecular complexity index is 1310. The van der Waals surface area contributed by atoms with E-state index in [1.165, 1.54) is 30.6 Å². The molecule has 0 bridgehead atoms. The van der Waals surface area contributed by atoms with Crippen LogP contribution in [-0.4, -0.2) is 38.2 Å². The molecule has 1 N–H and O–H groups in total. The molecule has 3 heterocycles. The van der Waals surface area contributed by atoms with E-state index in [0.29, 0.717) is 26.8 Å². The van der Waals surface area contributed by atoms with Gasteiger partial charge in [-0.05, 0) is 47.4 Å². The first-order valence-corrected chi connectivity index (χ1v) is 11.5. The van der Waals surface area contributed by atoms with Crippen molar-refractivity contribution in [1.29, 1.82) is 0 Å². The van der Waals surface area contributed by atoms with Crippen molar-refractivity contribution in [2.24, 2.45) is 0 Å². The number of hydrogen-bond donors (Lipinski definition) is 1. The normalized spacial score (nSPS) is 14.4. The summed E-state index contributed by atoms with van der Waals surface area (Å²) >= 11 is 7.56. The second kappa shape index (κ2) is 9.99. The van der Waals surface area contributed by atoms with E-state index in [2.05, 4.69) is 10.4 Å². The van der Waals surface area contributed by atoms with Crippen LogP contribution in [0, 0.1) is 10.1 Å². The molecule has 1 aliphatic rings. The molecule has 34 heavy (non-hydrogen) atoms. The number of hydrazine groups is 1. The number of rotatable bonds is 7. The molecule has 1 saturated heterocycles. The van der Waals surface area contributed by atoms with Crippen molar-refractivity contribution < 1.29 is 24.0 Å². The predicted molar refractivity (Wildman–Crippen MR) is 131 cm³/mol. The van der Waals surface area contributed by atoms with Crippen LogP contribution in [0.5, 0.6) is 17.4 Å². The Morgan fingerprint density at radius 1 is 1.26 bits per heavy atom. The Kier molecular flexibility index (Phi) is 6.86. The zero-order valence-electron chi connectivity index (χ0n) is 17.3. The zero-order chi connectivity index (χ0) is 24.2. The monoisotopic (exact) mass is 514 g/mol. The largest absolute Gasteiger partial charge is 0.493 e. The van der Waals surface area contributed by atoms with Gasteiger partial charge in [0, 0.05) is 12.1 Å². The van der Waals surface area contributed by atoms with Crippen LogP contribution in [0.15, 0.2) is 58.9 Å². The third kappa shape index (κ3) is 5.06. The number of benzene rings is 1. The van der Waals surface area contributed by atoms with Gasteiger partial charge in [0.1, 0.15) is 6.20 Å². The molecule has 0 unspecified atom stereocenters. The summed E-state index contributed by atoms with van der Waals surface area (Å²) < 4.78 is 11.2. The molecular formula is C21H14N4O6S3. The number of carbonyl (C=O) groups is 2. The van der Waals surface area contributed by atoms with Crippen molar-refractivity contribution in [3.8, 4) is 17.4 Å². The number of nitrogens with one attached hydrogen (secondary N) is 1. The van der Waals surface area contributed by atoms with E-state index in [0.717, 1.165) is 23.0 Å². The lowest BCUT2D eigenvalue weighted by Crippen LogP contribution is -2.44. The van der Waals surface area contributed by atoms with E-state index in [4.69, 9.17) is 21.7 Å². The molecule has 0 radical (unpaired) electrons. The number of pyridine rings is 1. The number of aromatic nitrogens is 1. The quantitative estimate of drug-likeness (QED) is 0.211. The molecule has 10 nitrogen and oxygen atoms in total. The molecular weight excluding hydrogens is 500 g/mol. The fourth-order valence-corrected chi connectivity index (χ4v) is 4.58. The highest BCUT2D eigenvalue weighted by atomic mass is 32.2. The number of methoxy groups -OCH3 is 1. The molecule has 13 heteroatoms. The average Bonchev–Trinajstić information content (AvgIpc) is 3.45. The van der Waals surface area contributed by atoms with Crippen molar-refractivity contribution in [2.45, 2.75) is 0 Å². The second-order valence-corrected chi connectivity index (χ2v) is 9.18. The smallest absolute Gasteiger partial charge is 0.287 e. The number of thiocarbonyl (C=S) groups is 1. The number of nitro groups is 1. The van der Waals surface area contributed by atoms with Gasteiger partial charge in [-0.1, -0.05) is 23.9 Å². The summed E-state index contributed by atoms with van der Waals surface area (Å²) in [6.07, 6.45) is 2.71. The SMILES string of the molecule is COc1cc(C=C2SC(=S)N(NC(=O)c3cccs3)C2=O)ccc1Oc1ccc([N+](=O)[O-])cn1. The summed E-state index contributed by atoms with van der Waals surface area (Å²) in [4.78, 5) is 40.0. The predicted octanol–water partition coefficient (Wildman–Crippen LogP) is 4.40. The van der Waals surface area contributed by atoms with Crippen LogP contribution in [0.1, 0.15) is 15.2 Å². The molecule has 2 amide bonds. The van der Waals surface area contributed by atoms with E-state index >= 15 is 0 Å². The van der Waals surface area contributed by atoms with Gasteiger partial charge in [0.15, 0.2) is 15.8 Å². The molecule has 1 aliphatic heterocycles. The molecule has 2 aromatic heterocycles. The van der Waals surface area contributed by atoms with E-state index in [1.54, 1.807) is 41.8 Å². The average molecular weight is 515 g/mol. The summed E-state index contributed by atoms with van der Waals surface area (Å²) in [5, 5.41) is 13.6. The summed E-state index contributed by atoms with van der Waals surface area (Å²) in [6, 6.07) is 11.0. The fraction of sp³-hybridized carbons (Fsp3) is 0.0476. The fourth-order valence-electron chi connectivity index (χ4n) is 2.79. The first-order chi connectivity index (χ1) is 16.4. The number of hydrogen-bond acceptors (Lipinski definition) is 10. The van der Waals surface area contributed by atoms with Crippen molar-refractivity contribution in [3.63, 3.8) is 0 Å². The lowest BCUT2D eigenvalue weighted by Gasteiger charge is -2.14. The maximum Gasteiger partial charge on any atom is 0.287 e. The van der Waals surface area contributed by atoms with Crippen molar-refractivity contribution in [1.82, 2.24) is 15.4 Å². The summed E-state index contributed by atoms with van der Waals surface area (Å²) in [5.74, 6) is -0.0315. The van der Waals surface area contributed by atoms with Gasteiger partial charge in [0.2, 0.25) is 5.88 Å². The Morgan fingerprint density at radius 3 is 2.74 bits per heavy atom. The van der Waals surface area contributed by atoms with Crippen LogP contribution in [0.3, 0.4) is 0 Å². The molecule has 0 saturated carbocycles. The molecule has 1 aromatic carbocycles. The molecule has 3 aromatic rings. The van der Waals surface area contributed by atoms with Crippen LogP contribution in [0.4, 0.5) is 5.69 Å². The highest BCUT2D eigenvalue weighted by Crippen LogP contribution is 2.35. The standard InChI is InChI=1S/C21H14N4O6S3/c1-30-15-9-12(4-6-14(15)31-18-7-5-13(11-22-18)25(28)29)10-17-20(27)24(21(32)34-17)23-19(26)16-3-2-8-33-16/h2-11H,1H3,(H,23,26). The van der Waals surface area contributed by atoms with Gasteiger partial charge in [-0.25, -0.2) is 4.98 Å². The number of amides is 2. The highest BCUT2D eigenvalue weighted by molar-refractivity contribution is 8.26.